The number of carbonyl (C=O) groups excluding carboxylic acids is 1. The van der Waals surface area contributed by atoms with Gasteiger partial charge in [-0.1, -0.05) is 12.8 Å². The highest BCUT2D eigenvalue weighted by Crippen LogP contribution is 2.40. The van der Waals surface area contributed by atoms with Crippen LogP contribution in [0.15, 0.2) is 12.1 Å². The highest BCUT2D eigenvalue weighted by molar-refractivity contribution is 5.90. The first-order valence-electron chi connectivity index (χ1n) is 8.07. The van der Waals surface area contributed by atoms with E-state index in [2.05, 4.69) is 9.88 Å². The molecule has 2 aliphatic rings. The maximum Gasteiger partial charge on any atom is 0.339 e. The summed E-state index contributed by atoms with van der Waals surface area (Å²) in [5.74, 6) is 0.868. The van der Waals surface area contributed by atoms with Gasteiger partial charge in [0.15, 0.2) is 0 Å². The number of piperidine rings is 1. The van der Waals surface area contributed by atoms with E-state index in [0.29, 0.717) is 17.2 Å². The minimum atomic E-state index is -0.476. The van der Waals surface area contributed by atoms with Gasteiger partial charge in [-0.05, 0) is 38.3 Å². The summed E-state index contributed by atoms with van der Waals surface area (Å²) in [4.78, 5) is 18.4. The zero-order chi connectivity index (χ0) is 15.7. The summed E-state index contributed by atoms with van der Waals surface area (Å²) in [6.07, 6.45) is 5.16. The number of pyridine rings is 1. The normalized spacial score (nSPS) is 28.1. The zero-order valence-electron chi connectivity index (χ0n) is 13.3. The molecule has 5 heteroatoms. The van der Waals surface area contributed by atoms with Crippen LogP contribution < -0.4 is 4.90 Å². The largest absolute Gasteiger partial charge is 0.465 e. The lowest BCUT2D eigenvalue weighted by molar-refractivity contribution is -0.0613. The Morgan fingerprint density at radius 2 is 2.23 bits per heavy atom. The van der Waals surface area contributed by atoms with E-state index in [1.165, 1.54) is 13.5 Å². The molecular formula is C17H24N2O3. The fourth-order valence-electron chi connectivity index (χ4n) is 3.83. The van der Waals surface area contributed by atoms with Gasteiger partial charge in [0, 0.05) is 19.0 Å². The number of hydrogen-bond donors (Lipinski definition) is 1. The van der Waals surface area contributed by atoms with Crippen molar-refractivity contribution in [2.75, 3.05) is 25.1 Å². The van der Waals surface area contributed by atoms with Gasteiger partial charge in [-0.25, -0.2) is 9.78 Å². The van der Waals surface area contributed by atoms with Crippen molar-refractivity contribution in [1.82, 2.24) is 4.98 Å². The Morgan fingerprint density at radius 1 is 1.41 bits per heavy atom. The van der Waals surface area contributed by atoms with Crippen molar-refractivity contribution in [2.45, 2.75) is 44.6 Å². The molecule has 2 atom stereocenters. The lowest BCUT2D eigenvalue weighted by atomic mass is 9.71. The topological polar surface area (TPSA) is 62.7 Å². The van der Waals surface area contributed by atoms with Gasteiger partial charge in [0.25, 0.3) is 0 Å². The molecule has 1 saturated heterocycles. The summed E-state index contributed by atoms with van der Waals surface area (Å²) in [7, 11) is 1.38. The third-order valence-corrected chi connectivity index (χ3v) is 5.23. The molecule has 3 rings (SSSR count). The standard InChI is InChI=1S/C17H24N2O3/c1-12-14(16(20)22-2)6-7-15(18-12)19-10-9-17(21)8-4-3-5-13(17)11-19/h6-7,13,21H,3-5,8-11H2,1-2H3. The highest BCUT2D eigenvalue weighted by Gasteiger charge is 2.43. The smallest absolute Gasteiger partial charge is 0.339 e. The molecule has 0 amide bonds. The first kappa shape index (κ1) is 15.3. The van der Waals surface area contributed by atoms with Crippen LogP contribution in [0.5, 0.6) is 0 Å². The van der Waals surface area contributed by atoms with E-state index in [0.717, 1.165) is 44.6 Å². The summed E-state index contributed by atoms with van der Waals surface area (Å²) in [5, 5.41) is 10.8. The van der Waals surface area contributed by atoms with Crippen LogP contribution in [-0.2, 0) is 4.74 Å². The van der Waals surface area contributed by atoms with Gasteiger partial charge in [0.2, 0.25) is 0 Å². The minimum Gasteiger partial charge on any atom is -0.465 e. The zero-order valence-corrected chi connectivity index (χ0v) is 13.3. The maximum absolute atomic E-state index is 11.6. The number of anilines is 1. The van der Waals surface area contributed by atoms with Crippen LogP contribution in [0.25, 0.3) is 0 Å². The molecule has 0 radical (unpaired) electrons. The quantitative estimate of drug-likeness (QED) is 0.850. The Bertz CT molecular complexity index is 575. The Kier molecular flexibility index (Phi) is 4.08. The van der Waals surface area contributed by atoms with Crippen molar-refractivity contribution < 1.29 is 14.6 Å². The summed E-state index contributed by atoms with van der Waals surface area (Å²) in [5.41, 5.74) is 0.724. The maximum atomic E-state index is 11.6. The van der Waals surface area contributed by atoms with Crippen molar-refractivity contribution in [3.05, 3.63) is 23.4 Å². The number of nitrogens with zero attached hydrogens (tertiary/aromatic N) is 2. The number of fused-ring (bicyclic) bond motifs is 1. The van der Waals surface area contributed by atoms with E-state index in [9.17, 15) is 9.90 Å². The fourth-order valence-corrected chi connectivity index (χ4v) is 3.83. The molecule has 1 aliphatic carbocycles. The Labute approximate surface area is 131 Å². The molecule has 22 heavy (non-hydrogen) atoms. The SMILES string of the molecule is COC(=O)c1ccc(N2CCC3(O)CCCCC3C2)nc1C. The predicted molar refractivity (Wildman–Crippen MR) is 84.1 cm³/mol. The van der Waals surface area contributed by atoms with Crippen LogP contribution >= 0.6 is 0 Å². The second-order valence-electron chi connectivity index (χ2n) is 6.54. The van der Waals surface area contributed by atoms with Gasteiger partial charge in [-0.2, -0.15) is 0 Å². The number of ether oxygens (including phenoxy) is 1. The van der Waals surface area contributed by atoms with Crippen LogP contribution in [0.2, 0.25) is 0 Å². The molecule has 1 N–H and O–H groups in total. The highest BCUT2D eigenvalue weighted by atomic mass is 16.5. The van der Waals surface area contributed by atoms with E-state index >= 15 is 0 Å². The number of rotatable bonds is 2. The summed E-state index contributed by atoms with van der Waals surface area (Å²) < 4.78 is 4.76. The molecule has 2 heterocycles. The van der Waals surface area contributed by atoms with Crippen LogP contribution in [0.4, 0.5) is 5.82 Å². The lowest BCUT2D eigenvalue weighted by Crippen LogP contribution is -2.53. The van der Waals surface area contributed by atoms with E-state index < -0.39 is 5.60 Å². The number of hydrogen-bond acceptors (Lipinski definition) is 5. The molecule has 120 valence electrons. The predicted octanol–water partition coefficient (Wildman–Crippen LogP) is 2.31. The number of aliphatic hydroxyl groups is 1. The molecular weight excluding hydrogens is 280 g/mol. The number of aryl methyl sites for hydroxylation is 1. The van der Waals surface area contributed by atoms with Crippen LogP contribution in [0.3, 0.4) is 0 Å². The average molecular weight is 304 g/mol. The number of esters is 1. The fraction of sp³-hybridized carbons (Fsp3) is 0.647. The second kappa shape index (κ2) is 5.88. The van der Waals surface area contributed by atoms with Crippen molar-refractivity contribution in [3.8, 4) is 0 Å². The molecule has 1 aromatic rings. The van der Waals surface area contributed by atoms with E-state index in [-0.39, 0.29) is 5.97 Å². The molecule has 0 aromatic carbocycles. The van der Waals surface area contributed by atoms with Crippen LogP contribution in [0, 0.1) is 12.8 Å². The average Bonchev–Trinajstić information content (AvgIpc) is 2.53. The molecule has 1 saturated carbocycles. The molecule has 0 spiro atoms. The van der Waals surface area contributed by atoms with Crippen molar-refractivity contribution in [2.24, 2.45) is 5.92 Å². The minimum absolute atomic E-state index is 0.331. The number of carbonyl (C=O) groups is 1. The molecule has 2 unspecified atom stereocenters. The Hall–Kier alpha value is -1.62. The van der Waals surface area contributed by atoms with Crippen molar-refractivity contribution in [3.63, 3.8) is 0 Å². The van der Waals surface area contributed by atoms with Gasteiger partial charge in [-0.15, -0.1) is 0 Å². The molecule has 0 bridgehead atoms. The number of methoxy groups -OCH3 is 1. The third kappa shape index (κ3) is 2.70. The van der Waals surface area contributed by atoms with E-state index in [1.54, 1.807) is 6.07 Å². The third-order valence-electron chi connectivity index (χ3n) is 5.23. The van der Waals surface area contributed by atoms with Crippen LogP contribution in [0.1, 0.15) is 48.2 Å². The Balaban J connectivity index is 1.78. The summed E-state index contributed by atoms with van der Waals surface area (Å²) >= 11 is 0. The Morgan fingerprint density at radius 3 is 2.95 bits per heavy atom. The second-order valence-corrected chi connectivity index (χ2v) is 6.54. The summed E-state index contributed by atoms with van der Waals surface area (Å²) in [6.45, 7) is 3.49. The van der Waals surface area contributed by atoms with Gasteiger partial charge in [-0.3, -0.25) is 0 Å². The lowest BCUT2D eigenvalue weighted by Gasteiger charge is -2.47. The summed E-state index contributed by atoms with van der Waals surface area (Å²) in [6, 6.07) is 3.66. The van der Waals surface area contributed by atoms with Crippen molar-refractivity contribution in [1.29, 1.82) is 0 Å². The first-order valence-corrected chi connectivity index (χ1v) is 8.07. The van der Waals surface area contributed by atoms with E-state index in [1.807, 2.05) is 13.0 Å². The number of aromatic nitrogens is 1. The molecule has 1 aliphatic heterocycles. The van der Waals surface area contributed by atoms with Gasteiger partial charge in [0.05, 0.1) is 24.0 Å². The van der Waals surface area contributed by atoms with Gasteiger partial charge in [0.1, 0.15) is 5.82 Å². The first-order chi connectivity index (χ1) is 10.5. The van der Waals surface area contributed by atoms with Gasteiger partial charge < -0.3 is 14.7 Å². The molecule has 1 aromatic heterocycles. The molecule has 5 nitrogen and oxygen atoms in total. The van der Waals surface area contributed by atoms with Gasteiger partial charge >= 0.3 is 5.97 Å². The van der Waals surface area contributed by atoms with E-state index in [4.69, 9.17) is 4.74 Å². The molecule has 2 fully saturated rings. The monoisotopic (exact) mass is 304 g/mol. The van der Waals surface area contributed by atoms with Crippen molar-refractivity contribution >= 4 is 11.8 Å². The van der Waals surface area contributed by atoms with Crippen LogP contribution in [-0.4, -0.2) is 41.9 Å².